The molecular formula is C13H19N3O3S. The van der Waals surface area contributed by atoms with Crippen molar-refractivity contribution in [3.63, 3.8) is 0 Å². The van der Waals surface area contributed by atoms with Gasteiger partial charge in [0, 0.05) is 24.2 Å². The molecule has 2 rings (SSSR count). The molecule has 2 heterocycles. The lowest BCUT2D eigenvalue weighted by molar-refractivity contribution is -0.192. The van der Waals surface area contributed by atoms with E-state index < -0.39 is 12.4 Å². The maximum Gasteiger partial charge on any atom is 0.185 e. The highest BCUT2D eigenvalue weighted by atomic mass is 32.1. The molecule has 0 aliphatic heterocycles. The van der Waals surface area contributed by atoms with Crippen LogP contribution in [0.3, 0.4) is 0 Å². The molecule has 0 aliphatic rings. The van der Waals surface area contributed by atoms with Gasteiger partial charge < -0.3 is 14.6 Å². The van der Waals surface area contributed by atoms with Crippen LogP contribution in [0.2, 0.25) is 0 Å². The smallest absolute Gasteiger partial charge is 0.185 e. The van der Waals surface area contributed by atoms with Crippen LogP contribution in [-0.4, -0.2) is 45.7 Å². The van der Waals surface area contributed by atoms with Gasteiger partial charge in [-0.2, -0.15) is 11.3 Å². The van der Waals surface area contributed by atoms with E-state index >= 15 is 0 Å². The van der Waals surface area contributed by atoms with Gasteiger partial charge in [-0.05, 0) is 25.3 Å². The fourth-order valence-electron chi connectivity index (χ4n) is 1.81. The number of rotatable bonds is 8. The Balaban J connectivity index is 1.98. The number of hydrogen-bond acceptors (Lipinski definition) is 6. The molecule has 0 saturated carbocycles. The molecule has 2 aromatic rings. The van der Waals surface area contributed by atoms with Crippen molar-refractivity contribution in [1.82, 2.24) is 15.0 Å². The number of nitrogens with zero attached hydrogens (tertiary/aromatic N) is 3. The van der Waals surface area contributed by atoms with Crippen LogP contribution in [0.25, 0.3) is 11.3 Å². The molecule has 0 saturated heterocycles. The zero-order valence-electron chi connectivity index (χ0n) is 11.6. The Labute approximate surface area is 122 Å². The molecule has 1 unspecified atom stereocenters. The molecule has 0 spiro atoms. The van der Waals surface area contributed by atoms with Crippen LogP contribution < -0.4 is 0 Å². The number of ether oxygens (including phenoxy) is 2. The van der Waals surface area contributed by atoms with Crippen molar-refractivity contribution in [1.29, 1.82) is 0 Å². The number of aromatic nitrogens is 3. The monoisotopic (exact) mass is 297 g/mol. The molecule has 0 amide bonds. The fraction of sp³-hybridized carbons (Fsp3) is 0.538. The van der Waals surface area contributed by atoms with E-state index in [4.69, 9.17) is 9.47 Å². The van der Waals surface area contributed by atoms with Crippen LogP contribution >= 0.6 is 11.3 Å². The maximum absolute atomic E-state index is 10.1. The van der Waals surface area contributed by atoms with E-state index in [0.717, 1.165) is 11.3 Å². The number of thiophene rings is 1. The minimum absolute atomic E-state index is 0.280. The van der Waals surface area contributed by atoms with Gasteiger partial charge in [-0.25, -0.2) is 4.68 Å². The van der Waals surface area contributed by atoms with Crippen molar-refractivity contribution < 1.29 is 14.6 Å². The van der Waals surface area contributed by atoms with Gasteiger partial charge in [-0.1, -0.05) is 5.21 Å². The minimum atomic E-state index is -0.785. The quantitative estimate of drug-likeness (QED) is 0.752. The fourth-order valence-corrected chi connectivity index (χ4v) is 2.46. The predicted octanol–water partition coefficient (Wildman–Crippen LogP) is 1.77. The van der Waals surface area contributed by atoms with E-state index in [1.165, 1.54) is 0 Å². The molecule has 6 nitrogen and oxygen atoms in total. The molecule has 2 aromatic heterocycles. The Morgan fingerprint density at radius 1 is 1.35 bits per heavy atom. The van der Waals surface area contributed by atoms with E-state index in [-0.39, 0.29) is 6.54 Å². The van der Waals surface area contributed by atoms with Gasteiger partial charge >= 0.3 is 0 Å². The highest BCUT2D eigenvalue weighted by Gasteiger charge is 2.21. The second kappa shape index (κ2) is 7.49. The van der Waals surface area contributed by atoms with Crippen molar-refractivity contribution >= 4 is 11.3 Å². The van der Waals surface area contributed by atoms with Crippen LogP contribution in [0.1, 0.15) is 13.8 Å². The van der Waals surface area contributed by atoms with Crippen LogP contribution in [-0.2, 0) is 16.0 Å². The normalized spacial score (nSPS) is 13.0. The molecule has 0 bridgehead atoms. The summed E-state index contributed by atoms with van der Waals surface area (Å²) in [5, 5.41) is 22.2. The molecule has 0 aliphatic carbocycles. The molecular weight excluding hydrogens is 278 g/mol. The molecule has 1 N–H and O–H groups in total. The topological polar surface area (TPSA) is 69.4 Å². The lowest BCUT2D eigenvalue weighted by atomic mass is 10.3. The average Bonchev–Trinajstić information content (AvgIpc) is 3.08. The van der Waals surface area contributed by atoms with E-state index in [1.807, 2.05) is 30.7 Å². The lowest BCUT2D eigenvalue weighted by Gasteiger charge is -2.22. The maximum atomic E-state index is 10.1. The highest BCUT2D eigenvalue weighted by Crippen LogP contribution is 2.19. The largest absolute Gasteiger partial charge is 0.386 e. The summed E-state index contributed by atoms with van der Waals surface area (Å²) in [4.78, 5) is 0. The number of aliphatic hydroxyl groups is 1. The molecule has 0 radical (unpaired) electrons. The van der Waals surface area contributed by atoms with Gasteiger partial charge in [0.2, 0.25) is 0 Å². The van der Waals surface area contributed by atoms with Crippen LogP contribution in [0.5, 0.6) is 0 Å². The first-order valence-corrected chi connectivity index (χ1v) is 7.52. The lowest BCUT2D eigenvalue weighted by Crippen LogP contribution is -2.35. The van der Waals surface area contributed by atoms with E-state index in [1.54, 1.807) is 22.2 Å². The standard InChI is InChI=1S/C13H19N3O3S/c1-3-18-13(19-4-2)12(17)8-16-7-11(14-15-16)10-5-6-20-9-10/h5-7,9,12-13,17H,3-4,8H2,1-2H3. The second-order valence-corrected chi connectivity index (χ2v) is 4.96. The first-order chi connectivity index (χ1) is 9.74. The Hall–Kier alpha value is -1.28. The van der Waals surface area contributed by atoms with Gasteiger partial charge in [-0.15, -0.1) is 5.10 Å². The Kier molecular flexibility index (Phi) is 5.66. The van der Waals surface area contributed by atoms with E-state index in [9.17, 15) is 5.11 Å². The summed E-state index contributed by atoms with van der Waals surface area (Å²) in [5.41, 5.74) is 1.82. The van der Waals surface area contributed by atoms with Gasteiger partial charge in [0.1, 0.15) is 11.8 Å². The van der Waals surface area contributed by atoms with Crippen LogP contribution in [0, 0.1) is 0 Å². The summed E-state index contributed by atoms with van der Waals surface area (Å²) < 4.78 is 12.3. The van der Waals surface area contributed by atoms with E-state index in [2.05, 4.69) is 10.3 Å². The number of aliphatic hydroxyl groups excluding tert-OH is 1. The van der Waals surface area contributed by atoms with Gasteiger partial charge in [0.05, 0.1) is 12.7 Å². The van der Waals surface area contributed by atoms with Gasteiger partial charge in [0.25, 0.3) is 0 Å². The molecule has 1 atom stereocenters. The first kappa shape index (κ1) is 15.1. The highest BCUT2D eigenvalue weighted by molar-refractivity contribution is 7.08. The zero-order valence-corrected chi connectivity index (χ0v) is 12.4. The summed E-state index contributed by atoms with van der Waals surface area (Å²) in [7, 11) is 0. The van der Waals surface area contributed by atoms with Crippen molar-refractivity contribution in [3.05, 3.63) is 23.0 Å². The minimum Gasteiger partial charge on any atom is -0.386 e. The molecule has 20 heavy (non-hydrogen) atoms. The predicted molar refractivity (Wildman–Crippen MR) is 76.4 cm³/mol. The molecule has 0 fully saturated rings. The Morgan fingerprint density at radius 2 is 2.10 bits per heavy atom. The van der Waals surface area contributed by atoms with Crippen molar-refractivity contribution in [2.45, 2.75) is 32.8 Å². The van der Waals surface area contributed by atoms with Crippen LogP contribution in [0.4, 0.5) is 0 Å². The number of hydrogen-bond donors (Lipinski definition) is 1. The van der Waals surface area contributed by atoms with Crippen molar-refractivity contribution in [2.24, 2.45) is 0 Å². The van der Waals surface area contributed by atoms with Crippen LogP contribution in [0.15, 0.2) is 23.0 Å². The summed E-state index contributed by atoms with van der Waals surface area (Å²) >= 11 is 1.61. The summed E-state index contributed by atoms with van der Waals surface area (Å²) in [6.45, 7) is 4.98. The average molecular weight is 297 g/mol. The molecule has 110 valence electrons. The Morgan fingerprint density at radius 3 is 2.70 bits per heavy atom. The third-order valence-electron chi connectivity index (χ3n) is 2.71. The molecule has 0 aromatic carbocycles. The summed E-state index contributed by atoms with van der Waals surface area (Å²) in [6, 6.07) is 1.98. The summed E-state index contributed by atoms with van der Waals surface area (Å²) in [5.74, 6) is 0. The third-order valence-corrected chi connectivity index (χ3v) is 3.39. The van der Waals surface area contributed by atoms with Crippen molar-refractivity contribution in [2.75, 3.05) is 13.2 Å². The van der Waals surface area contributed by atoms with E-state index in [0.29, 0.717) is 13.2 Å². The first-order valence-electron chi connectivity index (χ1n) is 6.58. The summed E-state index contributed by atoms with van der Waals surface area (Å²) in [6.07, 6.45) is 0.381. The molecule has 7 heteroatoms. The second-order valence-electron chi connectivity index (χ2n) is 4.18. The van der Waals surface area contributed by atoms with Gasteiger partial charge in [0.15, 0.2) is 6.29 Å². The van der Waals surface area contributed by atoms with Gasteiger partial charge in [-0.3, -0.25) is 0 Å². The van der Waals surface area contributed by atoms with Crippen molar-refractivity contribution in [3.8, 4) is 11.3 Å². The third kappa shape index (κ3) is 3.86. The zero-order chi connectivity index (χ0) is 14.4. The Bertz CT molecular complexity index is 495. The SMILES string of the molecule is CCOC(OCC)C(O)Cn1cc(-c2ccsc2)nn1.